The maximum atomic E-state index is 13.6. The van der Waals surface area contributed by atoms with E-state index >= 15 is 0 Å². The zero-order valence-corrected chi connectivity index (χ0v) is 25.0. The van der Waals surface area contributed by atoms with Gasteiger partial charge in [0.2, 0.25) is 5.91 Å². The predicted octanol–water partition coefficient (Wildman–Crippen LogP) is 7.25. The Morgan fingerprint density at radius 3 is 2.35 bits per heavy atom. The summed E-state index contributed by atoms with van der Waals surface area (Å²) >= 11 is 0. The third-order valence-electron chi connectivity index (χ3n) is 8.46. The van der Waals surface area contributed by atoms with Crippen molar-refractivity contribution in [1.29, 1.82) is 0 Å². The Morgan fingerprint density at radius 1 is 0.975 bits per heavy atom. The van der Waals surface area contributed by atoms with Gasteiger partial charge in [0.05, 0.1) is 22.9 Å². The largest absolute Gasteiger partial charge is 0.371 e. The molecule has 0 aromatic heterocycles. The Kier molecular flexibility index (Phi) is 7.95. The summed E-state index contributed by atoms with van der Waals surface area (Å²) in [6.45, 7) is 9.17. The van der Waals surface area contributed by atoms with E-state index in [1.54, 1.807) is 19.1 Å². The Morgan fingerprint density at radius 2 is 1.68 bits per heavy atom. The summed E-state index contributed by atoms with van der Waals surface area (Å²) in [5, 5.41) is 0. The molecule has 1 aliphatic heterocycles. The standard InChI is InChI=1S/C34H41NO4S/c1-5-40(37,38)28-16-12-25(13-17-28)14-19-32(36)35-24-34(20-8-9-21-34)30-22-26(15-18-31(30)35)29-11-7-6-10-27(29)23-39-33(2,3)4/h6-7,10-13,15-18,22H,5,8-9,14,19-21,23-24H2,1-4H3. The third-order valence-corrected chi connectivity index (χ3v) is 10.2. The molecule has 1 spiro atoms. The van der Waals surface area contributed by atoms with Crippen LogP contribution in [-0.4, -0.2) is 32.2 Å². The van der Waals surface area contributed by atoms with Gasteiger partial charge in [-0.1, -0.05) is 62.2 Å². The van der Waals surface area contributed by atoms with Crippen LogP contribution in [0.3, 0.4) is 0 Å². The zero-order chi connectivity index (χ0) is 28.5. The highest BCUT2D eigenvalue weighted by molar-refractivity contribution is 7.91. The number of sulfone groups is 1. The summed E-state index contributed by atoms with van der Waals surface area (Å²) in [6, 6.07) is 22.0. The van der Waals surface area contributed by atoms with Crippen LogP contribution in [0.2, 0.25) is 0 Å². The minimum Gasteiger partial charge on any atom is -0.371 e. The lowest BCUT2D eigenvalue weighted by Crippen LogP contribution is -2.35. The molecule has 1 fully saturated rings. The Bertz CT molecular complexity index is 1480. The average Bonchev–Trinajstić information content (AvgIpc) is 3.55. The number of carbonyl (C=O) groups excluding carboxylic acids is 1. The molecule has 5 nitrogen and oxygen atoms in total. The van der Waals surface area contributed by atoms with Crippen LogP contribution in [0, 0.1) is 0 Å². The van der Waals surface area contributed by atoms with Crippen molar-refractivity contribution in [3.05, 3.63) is 83.4 Å². The first kappa shape index (κ1) is 28.6. The maximum absolute atomic E-state index is 13.6. The fourth-order valence-electron chi connectivity index (χ4n) is 6.18. The molecule has 0 bridgehead atoms. The number of anilines is 1. The van der Waals surface area contributed by atoms with Gasteiger partial charge in [0, 0.05) is 24.1 Å². The number of hydrogen-bond acceptors (Lipinski definition) is 4. The van der Waals surface area contributed by atoms with E-state index in [2.05, 4.69) is 63.2 Å². The van der Waals surface area contributed by atoms with Crippen molar-refractivity contribution >= 4 is 21.4 Å². The molecule has 1 heterocycles. The van der Waals surface area contributed by atoms with Crippen molar-refractivity contribution in [3.8, 4) is 11.1 Å². The molecule has 1 aliphatic carbocycles. The summed E-state index contributed by atoms with van der Waals surface area (Å²) in [4.78, 5) is 15.9. The number of aryl methyl sites for hydroxylation is 1. The highest BCUT2D eigenvalue weighted by Crippen LogP contribution is 2.51. The molecular formula is C34H41NO4S. The Balaban J connectivity index is 1.38. The molecule has 3 aromatic rings. The van der Waals surface area contributed by atoms with Crippen LogP contribution < -0.4 is 4.90 Å². The molecule has 5 rings (SSSR count). The summed E-state index contributed by atoms with van der Waals surface area (Å²) in [5.74, 6) is 0.209. The van der Waals surface area contributed by atoms with Gasteiger partial charge in [-0.25, -0.2) is 8.42 Å². The molecule has 1 saturated carbocycles. The van der Waals surface area contributed by atoms with Crippen molar-refractivity contribution in [2.24, 2.45) is 0 Å². The number of nitrogens with zero attached hydrogens (tertiary/aromatic N) is 1. The van der Waals surface area contributed by atoms with Crippen molar-refractivity contribution in [2.75, 3.05) is 17.2 Å². The predicted molar refractivity (Wildman–Crippen MR) is 161 cm³/mol. The summed E-state index contributed by atoms with van der Waals surface area (Å²) in [6.07, 6.45) is 5.57. The number of benzene rings is 3. The van der Waals surface area contributed by atoms with Crippen molar-refractivity contribution in [3.63, 3.8) is 0 Å². The topological polar surface area (TPSA) is 63.7 Å². The van der Waals surface area contributed by atoms with Crippen molar-refractivity contribution in [1.82, 2.24) is 0 Å². The van der Waals surface area contributed by atoms with E-state index in [1.807, 2.05) is 17.0 Å². The fourth-order valence-corrected chi connectivity index (χ4v) is 7.06. The molecule has 3 aromatic carbocycles. The summed E-state index contributed by atoms with van der Waals surface area (Å²) < 4.78 is 30.4. The van der Waals surface area contributed by atoms with E-state index < -0.39 is 9.84 Å². The molecule has 0 atom stereocenters. The van der Waals surface area contributed by atoms with Gasteiger partial charge in [0.1, 0.15) is 0 Å². The van der Waals surface area contributed by atoms with Crippen molar-refractivity contribution in [2.45, 2.75) is 88.7 Å². The van der Waals surface area contributed by atoms with Crippen LogP contribution in [0.25, 0.3) is 11.1 Å². The Labute approximate surface area is 239 Å². The van der Waals surface area contributed by atoms with E-state index in [-0.39, 0.29) is 22.7 Å². The van der Waals surface area contributed by atoms with Gasteiger partial charge >= 0.3 is 0 Å². The number of amides is 1. The molecule has 40 heavy (non-hydrogen) atoms. The van der Waals surface area contributed by atoms with E-state index in [9.17, 15) is 13.2 Å². The third kappa shape index (κ3) is 5.89. The Hall–Kier alpha value is -2.96. The molecule has 212 valence electrons. The van der Waals surface area contributed by atoms with E-state index in [0.717, 1.165) is 30.6 Å². The summed E-state index contributed by atoms with van der Waals surface area (Å²) in [7, 11) is -3.22. The quantitative estimate of drug-likeness (QED) is 0.292. The highest BCUT2D eigenvalue weighted by Gasteiger charge is 2.46. The van der Waals surface area contributed by atoms with Crippen LogP contribution in [0.1, 0.15) is 76.5 Å². The lowest BCUT2D eigenvalue weighted by molar-refractivity contribution is -0.118. The van der Waals surface area contributed by atoms with Crippen LogP contribution in [-0.2, 0) is 37.8 Å². The molecule has 0 N–H and O–H groups in total. The second-order valence-corrected chi connectivity index (χ2v) is 14.6. The molecule has 0 unspecified atom stereocenters. The van der Waals surface area contributed by atoms with Gasteiger partial charge < -0.3 is 9.64 Å². The first-order valence-electron chi connectivity index (χ1n) is 14.5. The lowest BCUT2D eigenvalue weighted by Gasteiger charge is -2.25. The van der Waals surface area contributed by atoms with Crippen LogP contribution in [0.15, 0.2) is 71.6 Å². The molecule has 2 aliphatic rings. The number of ether oxygens (including phenoxy) is 1. The average molecular weight is 560 g/mol. The van der Waals surface area contributed by atoms with Crippen LogP contribution in [0.5, 0.6) is 0 Å². The van der Waals surface area contributed by atoms with Gasteiger partial charge in [0.15, 0.2) is 9.84 Å². The lowest BCUT2D eigenvalue weighted by atomic mass is 9.79. The molecule has 0 saturated heterocycles. The van der Waals surface area contributed by atoms with Crippen molar-refractivity contribution < 1.29 is 17.9 Å². The van der Waals surface area contributed by atoms with Crippen LogP contribution in [0.4, 0.5) is 5.69 Å². The monoisotopic (exact) mass is 559 g/mol. The van der Waals surface area contributed by atoms with Gasteiger partial charge in [-0.15, -0.1) is 0 Å². The minimum absolute atomic E-state index is 0.0218. The fraction of sp³-hybridized carbons (Fsp3) is 0.441. The van der Waals surface area contributed by atoms with E-state index in [4.69, 9.17) is 4.74 Å². The number of carbonyl (C=O) groups is 1. The van der Waals surface area contributed by atoms with Gasteiger partial charge in [-0.3, -0.25) is 4.79 Å². The maximum Gasteiger partial charge on any atom is 0.227 e. The number of rotatable bonds is 8. The van der Waals surface area contributed by atoms with Gasteiger partial charge in [-0.05, 0) is 92.1 Å². The number of hydrogen-bond donors (Lipinski definition) is 0. The zero-order valence-electron chi connectivity index (χ0n) is 24.2. The smallest absolute Gasteiger partial charge is 0.227 e. The number of fused-ring (bicyclic) bond motifs is 2. The SMILES string of the molecule is CCS(=O)(=O)c1ccc(CCC(=O)N2CC3(CCCC3)c3cc(-c4ccccc4COC(C)(C)C)ccc32)cc1. The molecule has 0 radical (unpaired) electrons. The van der Waals surface area contributed by atoms with Gasteiger partial charge in [0.25, 0.3) is 0 Å². The first-order valence-corrected chi connectivity index (χ1v) is 16.2. The van der Waals surface area contributed by atoms with Gasteiger partial charge in [-0.2, -0.15) is 0 Å². The van der Waals surface area contributed by atoms with Crippen LogP contribution >= 0.6 is 0 Å². The normalized spacial score (nSPS) is 16.4. The second-order valence-electron chi connectivity index (χ2n) is 12.3. The highest BCUT2D eigenvalue weighted by atomic mass is 32.2. The first-order chi connectivity index (χ1) is 19.0. The second kappa shape index (κ2) is 11.1. The summed E-state index contributed by atoms with van der Waals surface area (Å²) in [5.41, 5.74) is 6.66. The minimum atomic E-state index is -3.22. The molecule has 6 heteroatoms. The van der Waals surface area contributed by atoms with E-state index in [1.165, 1.54) is 35.1 Å². The molecule has 1 amide bonds. The van der Waals surface area contributed by atoms with E-state index in [0.29, 0.717) is 24.3 Å². The molecular weight excluding hydrogens is 518 g/mol.